The highest BCUT2D eigenvalue weighted by Gasteiger charge is 2.19. The summed E-state index contributed by atoms with van der Waals surface area (Å²) in [5.74, 6) is -0.745. The van der Waals surface area contributed by atoms with Gasteiger partial charge in [0.2, 0.25) is 5.91 Å². The lowest BCUT2D eigenvalue weighted by Gasteiger charge is -2.10. The first-order valence-corrected chi connectivity index (χ1v) is 11.1. The molecule has 0 saturated carbocycles. The minimum atomic E-state index is -0.440. The van der Waals surface area contributed by atoms with Gasteiger partial charge in [0.1, 0.15) is 23.4 Å². The number of fused-ring (bicyclic) bond motifs is 3. The van der Waals surface area contributed by atoms with Crippen molar-refractivity contribution < 1.29 is 9.18 Å². The molecule has 1 amide bonds. The summed E-state index contributed by atoms with van der Waals surface area (Å²) < 4.78 is 17.1. The van der Waals surface area contributed by atoms with E-state index in [-0.39, 0.29) is 30.1 Å². The Balaban J connectivity index is 1.54. The maximum Gasteiger partial charge on any atom is 0.278 e. The molecule has 5 rings (SSSR count). The molecule has 5 aromatic rings. The molecule has 0 radical (unpaired) electrons. The Bertz CT molecular complexity index is 1580. The molecule has 0 bridgehead atoms. The maximum absolute atomic E-state index is 14.0. The van der Waals surface area contributed by atoms with Gasteiger partial charge in [0, 0.05) is 17.0 Å². The first-order valence-electron chi connectivity index (χ1n) is 10.7. The molecule has 2 heterocycles. The highest BCUT2D eigenvalue weighted by molar-refractivity contribution is 6.31. The highest BCUT2D eigenvalue weighted by atomic mass is 35.5. The second-order valence-corrected chi connectivity index (χ2v) is 8.38. The Kier molecular flexibility index (Phi) is 5.86. The molecular weight excluding hydrogens is 455 g/mol. The predicted octanol–water partition coefficient (Wildman–Crippen LogP) is 4.51. The van der Waals surface area contributed by atoms with Crippen molar-refractivity contribution in [2.45, 2.75) is 19.6 Å². The number of benzene rings is 3. The fraction of sp³-hybridized carbons (Fsp3) is 0.115. The number of rotatable bonds is 6. The van der Waals surface area contributed by atoms with E-state index < -0.39 is 5.82 Å². The lowest BCUT2D eigenvalue weighted by atomic mass is 10.2. The van der Waals surface area contributed by atoms with Crippen LogP contribution in [0, 0.1) is 5.82 Å². The van der Waals surface area contributed by atoms with Crippen molar-refractivity contribution in [3.8, 4) is 0 Å². The van der Waals surface area contributed by atoms with E-state index in [0.717, 1.165) is 11.1 Å². The van der Waals surface area contributed by atoms with Crippen LogP contribution in [0.2, 0.25) is 5.02 Å². The zero-order valence-electron chi connectivity index (χ0n) is 18.0. The van der Waals surface area contributed by atoms with Crippen molar-refractivity contribution in [3.05, 3.63) is 111 Å². The number of aromatic nitrogens is 3. The molecule has 0 atom stereocenters. The van der Waals surface area contributed by atoms with Crippen molar-refractivity contribution in [2.75, 3.05) is 0 Å². The maximum atomic E-state index is 14.0. The normalized spacial score (nSPS) is 11.2. The van der Waals surface area contributed by atoms with E-state index in [1.807, 2.05) is 48.5 Å². The lowest BCUT2D eigenvalue weighted by Crippen LogP contribution is -2.29. The molecule has 0 saturated heterocycles. The van der Waals surface area contributed by atoms with Crippen LogP contribution >= 0.6 is 11.6 Å². The minimum Gasteiger partial charge on any atom is -0.350 e. The van der Waals surface area contributed by atoms with E-state index in [1.54, 1.807) is 16.7 Å². The van der Waals surface area contributed by atoms with Crippen LogP contribution in [0.5, 0.6) is 0 Å². The summed E-state index contributed by atoms with van der Waals surface area (Å²) >= 11 is 6.18. The predicted molar refractivity (Wildman–Crippen MR) is 130 cm³/mol. The van der Waals surface area contributed by atoms with E-state index in [2.05, 4.69) is 10.3 Å². The summed E-state index contributed by atoms with van der Waals surface area (Å²) in [6.07, 6.45) is 1.46. The van der Waals surface area contributed by atoms with Gasteiger partial charge in [0.25, 0.3) is 5.56 Å². The standard InChI is InChI=1S/C26H20ClFN4O2/c27-21-9-5-4-8-18(21)13-29-23(33)15-32-22-11-10-19(28)12-20(22)24-25(32)26(34)31(16-30-24)14-17-6-2-1-3-7-17/h1-12,16H,13-15H2,(H,29,33). The summed E-state index contributed by atoms with van der Waals surface area (Å²) in [5, 5.41) is 3.89. The molecule has 8 heteroatoms. The molecule has 170 valence electrons. The van der Waals surface area contributed by atoms with Crippen LogP contribution < -0.4 is 10.9 Å². The summed E-state index contributed by atoms with van der Waals surface area (Å²) in [5.41, 5.74) is 2.61. The van der Waals surface area contributed by atoms with E-state index >= 15 is 0 Å². The number of halogens is 2. The largest absolute Gasteiger partial charge is 0.350 e. The van der Waals surface area contributed by atoms with Crippen LogP contribution in [0.1, 0.15) is 11.1 Å². The van der Waals surface area contributed by atoms with Crippen LogP contribution in [-0.4, -0.2) is 20.0 Å². The smallest absolute Gasteiger partial charge is 0.278 e. The van der Waals surface area contributed by atoms with Gasteiger partial charge in [-0.25, -0.2) is 9.37 Å². The summed E-state index contributed by atoms with van der Waals surface area (Å²) in [6.45, 7) is 0.459. The molecule has 0 aliphatic heterocycles. The van der Waals surface area contributed by atoms with Crippen molar-refractivity contribution in [1.29, 1.82) is 0 Å². The van der Waals surface area contributed by atoms with Gasteiger partial charge in [-0.15, -0.1) is 0 Å². The van der Waals surface area contributed by atoms with Gasteiger partial charge in [-0.05, 0) is 35.4 Å². The first-order chi connectivity index (χ1) is 16.5. The van der Waals surface area contributed by atoms with Crippen LogP contribution in [0.3, 0.4) is 0 Å². The number of nitrogens with zero attached hydrogens (tertiary/aromatic N) is 3. The van der Waals surface area contributed by atoms with Crippen LogP contribution in [-0.2, 0) is 24.4 Å². The molecule has 3 aromatic carbocycles. The van der Waals surface area contributed by atoms with Gasteiger partial charge in [0.05, 0.1) is 18.4 Å². The second-order valence-electron chi connectivity index (χ2n) is 7.98. The molecule has 0 aliphatic rings. The third-order valence-corrected chi connectivity index (χ3v) is 6.09. The summed E-state index contributed by atoms with van der Waals surface area (Å²) in [7, 11) is 0. The fourth-order valence-corrected chi connectivity index (χ4v) is 4.27. The van der Waals surface area contributed by atoms with Gasteiger partial charge < -0.3 is 9.88 Å². The van der Waals surface area contributed by atoms with Crippen LogP contribution in [0.25, 0.3) is 21.9 Å². The van der Waals surface area contributed by atoms with Crippen LogP contribution in [0.4, 0.5) is 4.39 Å². The molecule has 1 N–H and O–H groups in total. The van der Waals surface area contributed by atoms with E-state index in [1.165, 1.54) is 23.0 Å². The highest BCUT2D eigenvalue weighted by Crippen LogP contribution is 2.26. The monoisotopic (exact) mass is 474 g/mol. The number of hydrogen-bond donors (Lipinski definition) is 1. The molecular formula is C26H20ClFN4O2. The number of hydrogen-bond acceptors (Lipinski definition) is 3. The zero-order chi connectivity index (χ0) is 23.7. The van der Waals surface area contributed by atoms with Gasteiger partial charge in [0.15, 0.2) is 0 Å². The third kappa shape index (κ3) is 4.18. The van der Waals surface area contributed by atoms with Crippen molar-refractivity contribution in [2.24, 2.45) is 0 Å². The van der Waals surface area contributed by atoms with Crippen LogP contribution in [0.15, 0.2) is 83.9 Å². The molecule has 0 aliphatic carbocycles. The summed E-state index contributed by atoms with van der Waals surface area (Å²) in [6, 6.07) is 21.0. The Morgan fingerprint density at radius 2 is 1.79 bits per heavy atom. The molecule has 2 aromatic heterocycles. The number of amides is 1. The Labute approximate surface area is 199 Å². The second kappa shape index (κ2) is 9.11. The van der Waals surface area contributed by atoms with E-state index in [0.29, 0.717) is 28.0 Å². The average Bonchev–Trinajstić information content (AvgIpc) is 3.14. The fourth-order valence-electron chi connectivity index (χ4n) is 4.06. The Hall–Kier alpha value is -3.97. The lowest BCUT2D eigenvalue weighted by molar-refractivity contribution is -0.121. The first kappa shape index (κ1) is 21.9. The third-order valence-electron chi connectivity index (χ3n) is 5.72. The molecule has 0 fully saturated rings. The Morgan fingerprint density at radius 3 is 2.59 bits per heavy atom. The van der Waals surface area contributed by atoms with Crippen molar-refractivity contribution >= 4 is 39.4 Å². The molecule has 0 unspecified atom stereocenters. The average molecular weight is 475 g/mol. The SMILES string of the molecule is O=C(Cn1c2ccc(F)cc2c2ncn(Cc3ccccc3)c(=O)c21)NCc1ccccc1Cl. The molecule has 6 nitrogen and oxygen atoms in total. The Morgan fingerprint density at radius 1 is 1.03 bits per heavy atom. The number of carbonyl (C=O) groups excluding carboxylic acids is 1. The van der Waals surface area contributed by atoms with Crippen molar-refractivity contribution in [3.63, 3.8) is 0 Å². The van der Waals surface area contributed by atoms with Gasteiger partial charge in [-0.1, -0.05) is 60.1 Å². The van der Waals surface area contributed by atoms with E-state index in [9.17, 15) is 14.0 Å². The topological polar surface area (TPSA) is 68.9 Å². The minimum absolute atomic E-state index is 0.123. The zero-order valence-corrected chi connectivity index (χ0v) is 18.8. The number of nitrogens with one attached hydrogen (secondary N) is 1. The quantitative estimate of drug-likeness (QED) is 0.394. The van der Waals surface area contributed by atoms with Gasteiger partial charge in [-0.2, -0.15) is 0 Å². The van der Waals surface area contributed by atoms with Crippen molar-refractivity contribution in [1.82, 2.24) is 19.4 Å². The van der Waals surface area contributed by atoms with Gasteiger partial charge >= 0.3 is 0 Å². The molecule has 0 spiro atoms. The summed E-state index contributed by atoms with van der Waals surface area (Å²) in [4.78, 5) is 30.8. The number of carbonyl (C=O) groups is 1. The van der Waals surface area contributed by atoms with Gasteiger partial charge in [-0.3, -0.25) is 14.2 Å². The van der Waals surface area contributed by atoms with E-state index in [4.69, 9.17) is 11.6 Å². The molecule has 34 heavy (non-hydrogen) atoms.